The summed E-state index contributed by atoms with van der Waals surface area (Å²) in [6, 6.07) is 11.9. The predicted octanol–water partition coefficient (Wildman–Crippen LogP) is 3.43. The van der Waals surface area contributed by atoms with Crippen LogP contribution in [0, 0.1) is 5.41 Å². The summed E-state index contributed by atoms with van der Waals surface area (Å²) in [6.45, 7) is 7.73. The molecule has 1 fully saturated rings. The second-order valence-electron chi connectivity index (χ2n) is 9.49. The Morgan fingerprint density at radius 1 is 1.23 bits per heavy atom. The minimum absolute atomic E-state index is 0.0145. The molecule has 1 aliphatic rings. The second-order valence-corrected chi connectivity index (χ2v) is 9.49. The summed E-state index contributed by atoms with van der Waals surface area (Å²) in [5, 5.41) is 3.08. The highest BCUT2D eigenvalue weighted by molar-refractivity contribution is 5.79. The number of hydrogen-bond donors (Lipinski definition) is 1. The molecular weight excluding hydrogens is 390 g/mol. The third-order valence-corrected chi connectivity index (χ3v) is 5.38. The van der Waals surface area contributed by atoms with Crippen molar-refractivity contribution in [1.82, 2.24) is 19.8 Å². The van der Waals surface area contributed by atoms with E-state index in [-0.39, 0.29) is 23.1 Å². The summed E-state index contributed by atoms with van der Waals surface area (Å²) in [5.41, 5.74) is 1.89. The van der Waals surface area contributed by atoms with Crippen LogP contribution in [0.2, 0.25) is 0 Å². The molecule has 2 heterocycles. The quantitative estimate of drug-likeness (QED) is 0.738. The highest BCUT2D eigenvalue weighted by Crippen LogP contribution is 2.29. The zero-order chi connectivity index (χ0) is 22.6. The maximum absolute atomic E-state index is 12.6. The molecule has 0 saturated carbocycles. The molecular formula is C24H33N5O2. The SMILES string of the molecule is CNc1cc([C@H]2CC(=O)N(Cc3ccccc3)C2)nc(CN(C)C(=O)CC(C)(C)C)n1. The number of aromatic nitrogens is 2. The number of anilines is 1. The molecule has 0 aliphatic carbocycles. The van der Waals surface area contributed by atoms with Gasteiger partial charge < -0.3 is 15.1 Å². The molecule has 1 N–H and O–H groups in total. The molecule has 3 rings (SSSR count). The van der Waals surface area contributed by atoms with Gasteiger partial charge in [0.1, 0.15) is 11.6 Å². The normalized spacial score (nSPS) is 16.5. The van der Waals surface area contributed by atoms with Gasteiger partial charge in [0.05, 0.1) is 12.2 Å². The molecule has 2 amide bonds. The second kappa shape index (κ2) is 9.45. The van der Waals surface area contributed by atoms with E-state index >= 15 is 0 Å². The van der Waals surface area contributed by atoms with Crippen molar-refractivity contribution in [3.63, 3.8) is 0 Å². The van der Waals surface area contributed by atoms with Crippen LogP contribution in [0.25, 0.3) is 0 Å². The molecule has 7 nitrogen and oxygen atoms in total. The first kappa shape index (κ1) is 22.7. The fraction of sp³-hybridized carbons (Fsp3) is 0.500. The van der Waals surface area contributed by atoms with Crippen molar-refractivity contribution in [1.29, 1.82) is 0 Å². The molecule has 0 unspecified atom stereocenters. The van der Waals surface area contributed by atoms with E-state index in [9.17, 15) is 9.59 Å². The molecule has 31 heavy (non-hydrogen) atoms. The van der Waals surface area contributed by atoms with Gasteiger partial charge in [0.25, 0.3) is 0 Å². The van der Waals surface area contributed by atoms with Gasteiger partial charge in [0, 0.05) is 52.0 Å². The van der Waals surface area contributed by atoms with Crippen molar-refractivity contribution >= 4 is 17.6 Å². The molecule has 1 aromatic carbocycles. The summed E-state index contributed by atoms with van der Waals surface area (Å²) in [4.78, 5) is 38.0. The number of nitrogens with one attached hydrogen (secondary N) is 1. The molecule has 0 radical (unpaired) electrons. The Morgan fingerprint density at radius 2 is 1.94 bits per heavy atom. The average molecular weight is 424 g/mol. The monoisotopic (exact) mass is 423 g/mol. The molecule has 1 atom stereocenters. The van der Waals surface area contributed by atoms with E-state index in [1.807, 2.05) is 69.1 Å². The van der Waals surface area contributed by atoms with E-state index in [2.05, 4.69) is 10.3 Å². The molecule has 1 aliphatic heterocycles. The molecule has 1 aromatic heterocycles. The average Bonchev–Trinajstić information content (AvgIpc) is 3.07. The van der Waals surface area contributed by atoms with Crippen molar-refractivity contribution in [2.24, 2.45) is 5.41 Å². The van der Waals surface area contributed by atoms with Gasteiger partial charge in [-0.2, -0.15) is 0 Å². The molecule has 1 saturated heterocycles. The number of nitrogens with zero attached hydrogens (tertiary/aromatic N) is 4. The Bertz CT molecular complexity index is 923. The van der Waals surface area contributed by atoms with Gasteiger partial charge in [0.2, 0.25) is 11.8 Å². The Labute approximate surface area is 184 Å². The van der Waals surface area contributed by atoms with Gasteiger partial charge in [-0.05, 0) is 11.0 Å². The minimum atomic E-state index is -0.0728. The topological polar surface area (TPSA) is 78.4 Å². The third-order valence-electron chi connectivity index (χ3n) is 5.38. The van der Waals surface area contributed by atoms with Crippen molar-refractivity contribution in [3.05, 3.63) is 53.5 Å². The van der Waals surface area contributed by atoms with Crippen LogP contribution in [0.15, 0.2) is 36.4 Å². The first-order valence-corrected chi connectivity index (χ1v) is 10.8. The lowest BCUT2D eigenvalue weighted by Crippen LogP contribution is -2.30. The Morgan fingerprint density at radius 3 is 2.58 bits per heavy atom. The highest BCUT2D eigenvalue weighted by atomic mass is 16.2. The fourth-order valence-electron chi connectivity index (χ4n) is 3.74. The maximum Gasteiger partial charge on any atom is 0.223 e. The van der Waals surface area contributed by atoms with Crippen LogP contribution >= 0.6 is 0 Å². The summed E-state index contributed by atoms with van der Waals surface area (Å²) >= 11 is 0. The van der Waals surface area contributed by atoms with Gasteiger partial charge in [-0.25, -0.2) is 9.97 Å². The number of likely N-dealkylation sites (tertiary alicyclic amines) is 1. The van der Waals surface area contributed by atoms with Crippen LogP contribution in [0.1, 0.15) is 56.6 Å². The van der Waals surface area contributed by atoms with Gasteiger partial charge in [-0.1, -0.05) is 51.1 Å². The zero-order valence-corrected chi connectivity index (χ0v) is 19.2. The summed E-state index contributed by atoms with van der Waals surface area (Å²) in [6.07, 6.45) is 0.902. The van der Waals surface area contributed by atoms with Crippen LogP contribution in [0.5, 0.6) is 0 Å². The fourth-order valence-corrected chi connectivity index (χ4v) is 3.74. The summed E-state index contributed by atoms with van der Waals surface area (Å²) < 4.78 is 0. The van der Waals surface area contributed by atoms with E-state index in [0.29, 0.717) is 44.1 Å². The van der Waals surface area contributed by atoms with E-state index in [4.69, 9.17) is 4.98 Å². The molecule has 0 spiro atoms. The predicted molar refractivity (Wildman–Crippen MR) is 121 cm³/mol. The van der Waals surface area contributed by atoms with Gasteiger partial charge in [-0.15, -0.1) is 0 Å². The van der Waals surface area contributed by atoms with E-state index in [0.717, 1.165) is 11.3 Å². The van der Waals surface area contributed by atoms with E-state index in [1.54, 1.807) is 11.9 Å². The Hall–Kier alpha value is -2.96. The Kier molecular flexibility index (Phi) is 6.93. The molecule has 7 heteroatoms. The van der Waals surface area contributed by atoms with E-state index in [1.165, 1.54) is 0 Å². The number of rotatable bonds is 7. The highest BCUT2D eigenvalue weighted by Gasteiger charge is 2.32. The number of carbonyl (C=O) groups is 2. The lowest BCUT2D eigenvalue weighted by molar-refractivity contribution is -0.132. The van der Waals surface area contributed by atoms with Crippen molar-refractivity contribution in [2.75, 3.05) is 26.0 Å². The van der Waals surface area contributed by atoms with Crippen molar-refractivity contribution < 1.29 is 9.59 Å². The van der Waals surface area contributed by atoms with Gasteiger partial charge >= 0.3 is 0 Å². The van der Waals surface area contributed by atoms with Crippen LogP contribution in [-0.2, 0) is 22.7 Å². The van der Waals surface area contributed by atoms with Gasteiger partial charge in [-0.3, -0.25) is 9.59 Å². The lowest BCUT2D eigenvalue weighted by Gasteiger charge is -2.23. The number of hydrogen-bond acceptors (Lipinski definition) is 5. The van der Waals surface area contributed by atoms with E-state index < -0.39 is 0 Å². The van der Waals surface area contributed by atoms with Crippen molar-refractivity contribution in [2.45, 2.75) is 52.6 Å². The zero-order valence-electron chi connectivity index (χ0n) is 19.2. The van der Waals surface area contributed by atoms with Crippen molar-refractivity contribution in [3.8, 4) is 0 Å². The maximum atomic E-state index is 12.6. The number of benzene rings is 1. The lowest BCUT2D eigenvalue weighted by atomic mass is 9.92. The largest absolute Gasteiger partial charge is 0.373 e. The summed E-state index contributed by atoms with van der Waals surface area (Å²) in [7, 11) is 3.59. The summed E-state index contributed by atoms with van der Waals surface area (Å²) in [5.74, 6) is 1.50. The molecule has 2 aromatic rings. The molecule has 0 bridgehead atoms. The smallest absolute Gasteiger partial charge is 0.223 e. The minimum Gasteiger partial charge on any atom is -0.373 e. The Balaban J connectivity index is 1.73. The molecule has 166 valence electrons. The van der Waals surface area contributed by atoms with Crippen LogP contribution in [0.4, 0.5) is 5.82 Å². The number of amides is 2. The van der Waals surface area contributed by atoms with Crippen LogP contribution in [-0.4, -0.2) is 52.2 Å². The van der Waals surface area contributed by atoms with Gasteiger partial charge in [0.15, 0.2) is 0 Å². The third kappa shape index (κ3) is 6.26. The first-order valence-electron chi connectivity index (χ1n) is 10.8. The van der Waals surface area contributed by atoms with Crippen LogP contribution in [0.3, 0.4) is 0 Å². The van der Waals surface area contributed by atoms with Crippen LogP contribution < -0.4 is 5.32 Å². The first-order chi connectivity index (χ1) is 14.6. The standard InChI is InChI=1S/C24H33N5O2/c1-24(2,3)13-23(31)28(5)16-21-26-19(12-20(25-4)27-21)18-11-22(30)29(15-18)14-17-9-7-6-8-10-17/h6-10,12,18H,11,13-16H2,1-5H3,(H,25,26,27)/t18-/m0/s1. The number of carbonyl (C=O) groups excluding carboxylic acids is 2.